The van der Waals surface area contributed by atoms with Gasteiger partial charge < -0.3 is 9.72 Å². The molecule has 2 heterocycles. The van der Waals surface area contributed by atoms with Crippen molar-refractivity contribution in [3.63, 3.8) is 0 Å². The minimum atomic E-state index is -3.66. The molecule has 1 aromatic heterocycles. The number of hydrogen-bond donors (Lipinski definition) is 1. The van der Waals surface area contributed by atoms with Crippen LogP contribution in [0.4, 0.5) is 0 Å². The summed E-state index contributed by atoms with van der Waals surface area (Å²) in [6.45, 7) is 3.61. The highest BCUT2D eigenvalue weighted by molar-refractivity contribution is 7.86. The standard InChI is InChI=1S/C18H26N4O4S/c1-14-7-9-21(10-8-14)27(24,25)22(11-12-26-2)13-17-19-16-6-4-3-5-15(16)18(23)20-17/h3-6,14H,7-13H2,1-2H3,(H,19,20,23). The number of aromatic nitrogens is 2. The summed E-state index contributed by atoms with van der Waals surface area (Å²) in [4.78, 5) is 19.4. The highest BCUT2D eigenvalue weighted by atomic mass is 32.2. The third-order valence-corrected chi connectivity index (χ3v) is 6.91. The fourth-order valence-electron chi connectivity index (χ4n) is 3.22. The molecule has 0 atom stereocenters. The van der Waals surface area contributed by atoms with Gasteiger partial charge in [0.25, 0.3) is 15.8 Å². The van der Waals surface area contributed by atoms with E-state index >= 15 is 0 Å². The maximum atomic E-state index is 13.1. The van der Waals surface area contributed by atoms with Gasteiger partial charge in [0, 0.05) is 26.7 Å². The monoisotopic (exact) mass is 394 g/mol. The molecule has 0 spiro atoms. The second-order valence-electron chi connectivity index (χ2n) is 6.95. The molecule has 0 amide bonds. The van der Waals surface area contributed by atoms with E-state index in [9.17, 15) is 13.2 Å². The molecular weight excluding hydrogens is 368 g/mol. The van der Waals surface area contributed by atoms with Gasteiger partial charge in [-0.25, -0.2) is 4.98 Å². The van der Waals surface area contributed by atoms with Crippen LogP contribution in [0.2, 0.25) is 0 Å². The second-order valence-corrected chi connectivity index (χ2v) is 8.87. The fourth-order valence-corrected chi connectivity index (χ4v) is 4.81. The summed E-state index contributed by atoms with van der Waals surface area (Å²) in [5.74, 6) is 0.853. The number of H-pyrrole nitrogens is 1. The van der Waals surface area contributed by atoms with Gasteiger partial charge in [-0.2, -0.15) is 17.0 Å². The Bertz CT molecular complexity index is 936. The van der Waals surface area contributed by atoms with E-state index in [0.29, 0.717) is 35.7 Å². The topological polar surface area (TPSA) is 95.6 Å². The first-order valence-corrected chi connectivity index (χ1v) is 10.5. The molecule has 0 bridgehead atoms. The Kier molecular flexibility index (Phi) is 6.25. The zero-order valence-corrected chi connectivity index (χ0v) is 16.5. The zero-order valence-electron chi connectivity index (χ0n) is 15.7. The average Bonchev–Trinajstić information content (AvgIpc) is 2.65. The molecule has 27 heavy (non-hydrogen) atoms. The normalized spacial score (nSPS) is 17.0. The molecule has 0 saturated carbocycles. The van der Waals surface area contributed by atoms with Gasteiger partial charge in [0.2, 0.25) is 0 Å². The molecule has 148 valence electrons. The molecule has 8 nitrogen and oxygen atoms in total. The van der Waals surface area contributed by atoms with Crippen molar-refractivity contribution < 1.29 is 13.2 Å². The maximum absolute atomic E-state index is 13.1. The van der Waals surface area contributed by atoms with E-state index in [1.807, 2.05) is 0 Å². The Balaban J connectivity index is 1.88. The lowest BCUT2D eigenvalue weighted by Gasteiger charge is -2.33. The van der Waals surface area contributed by atoms with Crippen molar-refractivity contribution in [3.05, 3.63) is 40.4 Å². The number of aromatic amines is 1. The van der Waals surface area contributed by atoms with Gasteiger partial charge in [-0.15, -0.1) is 0 Å². The summed E-state index contributed by atoms with van der Waals surface area (Å²) in [6.07, 6.45) is 1.70. The first-order valence-electron chi connectivity index (χ1n) is 9.14. The van der Waals surface area contributed by atoms with Gasteiger partial charge in [-0.05, 0) is 30.9 Å². The third-order valence-electron chi connectivity index (χ3n) is 4.93. The van der Waals surface area contributed by atoms with Gasteiger partial charge in [-0.1, -0.05) is 19.1 Å². The molecule has 0 radical (unpaired) electrons. The number of para-hydroxylation sites is 1. The Morgan fingerprint density at radius 3 is 2.70 bits per heavy atom. The van der Waals surface area contributed by atoms with Crippen molar-refractivity contribution >= 4 is 21.1 Å². The van der Waals surface area contributed by atoms with Crippen LogP contribution in [-0.2, 0) is 21.5 Å². The first-order chi connectivity index (χ1) is 12.9. The van der Waals surface area contributed by atoms with Crippen LogP contribution in [0.5, 0.6) is 0 Å². The first kappa shape index (κ1) is 19.9. The summed E-state index contributed by atoms with van der Waals surface area (Å²) >= 11 is 0. The zero-order chi connectivity index (χ0) is 19.4. The molecule has 1 fully saturated rings. The Morgan fingerprint density at radius 1 is 1.30 bits per heavy atom. The average molecular weight is 394 g/mol. The molecule has 1 aromatic carbocycles. The Labute approximate surface area is 159 Å². The van der Waals surface area contributed by atoms with Crippen molar-refractivity contribution in [3.8, 4) is 0 Å². The quantitative estimate of drug-likeness (QED) is 0.765. The highest BCUT2D eigenvalue weighted by Gasteiger charge is 2.32. The number of rotatable bonds is 7. The number of fused-ring (bicyclic) bond motifs is 1. The molecule has 1 N–H and O–H groups in total. The number of piperidine rings is 1. The van der Waals surface area contributed by atoms with Crippen LogP contribution in [0, 0.1) is 5.92 Å². The van der Waals surface area contributed by atoms with Gasteiger partial charge in [-0.3, -0.25) is 4.79 Å². The van der Waals surface area contributed by atoms with Crippen molar-refractivity contribution in [1.82, 2.24) is 18.6 Å². The van der Waals surface area contributed by atoms with Crippen LogP contribution in [0.25, 0.3) is 10.9 Å². The number of methoxy groups -OCH3 is 1. The fraction of sp³-hybridized carbons (Fsp3) is 0.556. The summed E-state index contributed by atoms with van der Waals surface area (Å²) in [5.41, 5.74) is 0.277. The van der Waals surface area contributed by atoms with Gasteiger partial charge in [0.1, 0.15) is 5.82 Å². The van der Waals surface area contributed by atoms with Gasteiger partial charge in [0.05, 0.1) is 24.1 Å². The number of nitrogens with zero attached hydrogens (tertiary/aromatic N) is 3. The van der Waals surface area contributed by atoms with Crippen LogP contribution in [0.3, 0.4) is 0 Å². The van der Waals surface area contributed by atoms with Crippen LogP contribution in [-0.4, -0.2) is 60.3 Å². The van der Waals surface area contributed by atoms with Crippen molar-refractivity contribution in [1.29, 1.82) is 0 Å². The predicted molar refractivity (Wildman–Crippen MR) is 104 cm³/mol. The van der Waals surface area contributed by atoms with E-state index < -0.39 is 10.2 Å². The van der Waals surface area contributed by atoms with Crippen molar-refractivity contribution in [2.24, 2.45) is 5.92 Å². The minimum Gasteiger partial charge on any atom is -0.383 e. The van der Waals surface area contributed by atoms with Gasteiger partial charge in [0.15, 0.2) is 0 Å². The minimum absolute atomic E-state index is 0.00216. The smallest absolute Gasteiger partial charge is 0.282 e. The van der Waals surface area contributed by atoms with E-state index in [4.69, 9.17) is 4.74 Å². The van der Waals surface area contributed by atoms with Crippen LogP contribution >= 0.6 is 0 Å². The number of hydrogen-bond acceptors (Lipinski definition) is 5. The van der Waals surface area contributed by atoms with Crippen LogP contribution in [0.15, 0.2) is 29.1 Å². The lowest BCUT2D eigenvalue weighted by Crippen LogP contribution is -2.47. The number of ether oxygens (including phenoxy) is 1. The van der Waals surface area contributed by atoms with E-state index in [2.05, 4.69) is 16.9 Å². The molecule has 2 aromatic rings. The summed E-state index contributed by atoms with van der Waals surface area (Å²) in [5, 5.41) is 0.484. The molecular formula is C18H26N4O4S. The lowest BCUT2D eigenvalue weighted by molar-refractivity contribution is 0.170. The molecule has 0 aliphatic carbocycles. The van der Waals surface area contributed by atoms with Gasteiger partial charge >= 0.3 is 0 Å². The SMILES string of the molecule is COCCN(Cc1nc2ccccc2c(=O)[nH]1)S(=O)(=O)N1CCC(C)CC1. The summed E-state index contributed by atoms with van der Waals surface area (Å²) in [6, 6.07) is 7.01. The molecule has 9 heteroatoms. The van der Waals surface area contributed by atoms with Crippen LogP contribution < -0.4 is 5.56 Å². The Hall–Kier alpha value is -1.81. The van der Waals surface area contributed by atoms with E-state index in [0.717, 1.165) is 12.8 Å². The van der Waals surface area contributed by atoms with Crippen molar-refractivity contribution in [2.75, 3.05) is 33.4 Å². The number of nitrogens with one attached hydrogen (secondary N) is 1. The van der Waals surface area contributed by atoms with E-state index in [1.165, 1.54) is 15.7 Å². The highest BCUT2D eigenvalue weighted by Crippen LogP contribution is 2.21. The molecule has 1 saturated heterocycles. The van der Waals surface area contributed by atoms with Crippen LogP contribution in [0.1, 0.15) is 25.6 Å². The third kappa shape index (κ3) is 4.55. The molecule has 0 unspecified atom stereocenters. The van der Waals surface area contributed by atoms with E-state index in [1.54, 1.807) is 24.3 Å². The maximum Gasteiger partial charge on any atom is 0.282 e. The molecule has 1 aliphatic rings. The molecule has 1 aliphatic heterocycles. The van der Waals surface area contributed by atoms with Crippen molar-refractivity contribution in [2.45, 2.75) is 26.3 Å². The number of benzene rings is 1. The molecule has 3 rings (SSSR count). The Morgan fingerprint density at radius 2 is 2.00 bits per heavy atom. The second kappa shape index (κ2) is 8.47. The summed E-state index contributed by atoms with van der Waals surface area (Å²) < 4.78 is 34.2. The van der Waals surface area contributed by atoms with E-state index in [-0.39, 0.29) is 25.3 Å². The predicted octanol–water partition coefficient (Wildman–Crippen LogP) is 1.35. The lowest BCUT2D eigenvalue weighted by atomic mass is 10.0. The largest absolute Gasteiger partial charge is 0.383 e. The summed E-state index contributed by atoms with van der Waals surface area (Å²) in [7, 11) is -2.13.